The van der Waals surface area contributed by atoms with Gasteiger partial charge in [0.05, 0.1) is 5.56 Å². The molecule has 0 bridgehead atoms. The molecule has 114 valence electrons. The predicted molar refractivity (Wildman–Crippen MR) is 78.5 cm³/mol. The summed E-state index contributed by atoms with van der Waals surface area (Å²) in [7, 11) is 0. The fourth-order valence-electron chi connectivity index (χ4n) is 2.42. The highest BCUT2D eigenvalue weighted by Crippen LogP contribution is 2.19. The molecule has 1 atom stereocenters. The van der Waals surface area contributed by atoms with Crippen LogP contribution in [0.25, 0.3) is 0 Å². The molecule has 0 unspecified atom stereocenters. The van der Waals surface area contributed by atoms with Crippen LogP contribution in [0.5, 0.6) is 5.75 Å². The van der Waals surface area contributed by atoms with E-state index in [9.17, 15) is 9.59 Å². The van der Waals surface area contributed by atoms with E-state index in [0.717, 1.165) is 25.9 Å². The largest absolute Gasteiger partial charge is 0.481 e. The SMILES string of the molecule is CC1CCN(C(=O)[C@H](C)Oc2ccc(C(=O)O)cc2)CC1. The molecule has 1 fully saturated rings. The highest BCUT2D eigenvalue weighted by Gasteiger charge is 2.25. The van der Waals surface area contributed by atoms with Crippen molar-refractivity contribution in [3.05, 3.63) is 29.8 Å². The smallest absolute Gasteiger partial charge is 0.335 e. The Balaban J connectivity index is 1.92. The van der Waals surface area contributed by atoms with E-state index < -0.39 is 12.1 Å². The number of likely N-dealkylation sites (tertiary alicyclic amines) is 1. The number of hydrogen-bond acceptors (Lipinski definition) is 3. The topological polar surface area (TPSA) is 66.8 Å². The van der Waals surface area contributed by atoms with Gasteiger partial charge in [0.15, 0.2) is 6.10 Å². The van der Waals surface area contributed by atoms with Gasteiger partial charge in [-0.15, -0.1) is 0 Å². The molecular weight excluding hydrogens is 270 g/mol. The molecule has 1 aliphatic rings. The fraction of sp³-hybridized carbons (Fsp3) is 0.500. The molecule has 21 heavy (non-hydrogen) atoms. The van der Waals surface area contributed by atoms with Crippen LogP contribution in [0.4, 0.5) is 0 Å². The van der Waals surface area contributed by atoms with Crippen molar-refractivity contribution in [2.45, 2.75) is 32.8 Å². The molecule has 5 heteroatoms. The number of ether oxygens (including phenoxy) is 1. The zero-order valence-corrected chi connectivity index (χ0v) is 12.4. The highest BCUT2D eigenvalue weighted by atomic mass is 16.5. The minimum atomic E-state index is -0.979. The molecule has 0 saturated carbocycles. The Kier molecular flexibility index (Phi) is 4.83. The van der Waals surface area contributed by atoms with Gasteiger partial charge in [-0.05, 0) is 49.9 Å². The first-order chi connectivity index (χ1) is 9.97. The molecule has 0 spiro atoms. The van der Waals surface area contributed by atoms with E-state index in [0.29, 0.717) is 11.7 Å². The van der Waals surface area contributed by atoms with Crippen molar-refractivity contribution in [2.24, 2.45) is 5.92 Å². The van der Waals surface area contributed by atoms with Crippen molar-refractivity contribution in [3.63, 3.8) is 0 Å². The Hall–Kier alpha value is -2.04. The maximum atomic E-state index is 12.3. The van der Waals surface area contributed by atoms with Crippen molar-refractivity contribution < 1.29 is 19.4 Å². The number of benzene rings is 1. The van der Waals surface area contributed by atoms with E-state index in [-0.39, 0.29) is 11.5 Å². The van der Waals surface area contributed by atoms with Gasteiger partial charge in [-0.2, -0.15) is 0 Å². The summed E-state index contributed by atoms with van der Waals surface area (Å²) in [6, 6.07) is 6.09. The van der Waals surface area contributed by atoms with Crippen molar-refractivity contribution >= 4 is 11.9 Å². The molecule has 1 saturated heterocycles. The molecule has 1 N–H and O–H groups in total. The summed E-state index contributed by atoms with van der Waals surface area (Å²) in [6.45, 7) is 5.49. The summed E-state index contributed by atoms with van der Waals surface area (Å²) < 4.78 is 5.61. The van der Waals surface area contributed by atoms with Crippen LogP contribution in [0.2, 0.25) is 0 Å². The van der Waals surface area contributed by atoms with Crippen LogP contribution in [0.1, 0.15) is 37.0 Å². The number of carbonyl (C=O) groups excluding carboxylic acids is 1. The molecule has 5 nitrogen and oxygen atoms in total. The van der Waals surface area contributed by atoms with Crippen LogP contribution >= 0.6 is 0 Å². The fourth-order valence-corrected chi connectivity index (χ4v) is 2.42. The molecule has 0 aromatic heterocycles. The second-order valence-electron chi connectivity index (χ2n) is 5.60. The number of carbonyl (C=O) groups is 2. The number of rotatable bonds is 4. The van der Waals surface area contributed by atoms with Crippen molar-refractivity contribution in [1.82, 2.24) is 4.90 Å². The lowest BCUT2D eigenvalue weighted by Gasteiger charge is -2.32. The van der Waals surface area contributed by atoms with Crippen LogP contribution < -0.4 is 4.74 Å². The van der Waals surface area contributed by atoms with Crippen LogP contribution in [0, 0.1) is 5.92 Å². The van der Waals surface area contributed by atoms with Gasteiger partial charge in [0.2, 0.25) is 0 Å². The third-order valence-electron chi connectivity index (χ3n) is 3.86. The van der Waals surface area contributed by atoms with Crippen LogP contribution in [-0.2, 0) is 4.79 Å². The summed E-state index contributed by atoms with van der Waals surface area (Å²) in [5, 5.41) is 8.84. The first kappa shape index (κ1) is 15.4. The minimum Gasteiger partial charge on any atom is -0.481 e. The normalized spacial score (nSPS) is 17.3. The molecular formula is C16H21NO4. The summed E-state index contributed by atoms with van der Waals surface area (Å²) in [4.78, 5) is 24.9. The standard InChI is InChI=1S/C16H21NO4/c1-11-7-9-17(10-8-11)15(18)12(2)21-14-5-3-13(4-6-14)16(19)20/h3-6,11-12H,7-10H2,1-2H3,(H,19,20)/t12-/m0/s1. The van der Waals surface area contributed by atoms with E-state index in [4.69, 9.17) is 9.84 Å². The number of amides is 1. The second kappa shape index (κ2) is 6.61. The molecule has 1 heterocycles. The number of nitrogens with zero attached hydrogens (tertiary/aromatic N) is 1. The van der Waals surface area contributed by atoms with Gasteiger partial charge in [0.1, 0.15) is 5.75 Å². The number of hydrogen-bond donors (Lipinski definition) is 1. The number of carboxylic acids is 1. The number of piperidine rings is 1. The summed E-state index contributed by atoms with van der Waals surface area (Å²) in [5.41, 5.74) is 0.200. The average Bonchev–Trinajstić information content (AvgIpc) is 2.47. The number of carboxylic acid groups (broad SMARTS) is 1. The highest BCUT2D eigenvalue weighted by molar-refractivity contribution is 5.87. The molecule has 1 aliphatic heterocycles. The van der Waals surface area contributed by atoms with Gasteiger partial charge in [-0.25, -0.2) is 4.79 Å². The van der Waals surface area contributed by atoms with Gasteiger partial charge in [-0.1, -0.05) is 6.92 Å². The van der Waals surface area contributed by atoms with Crippen LogP contribution in [0.3, 0.4) is 0 Å². The molecule has 1 aromatic rings. The zero-order chi connectivity index (χ0) is 15.4. The minimum absolute atomic E-state index is 0.00999. The Morgan fingerprint density at radius 1 is 1.24 bits per heavy atom. The van der Waals surface area contributed by atoms with Gasteiger partial charge in [0.25, 0.3) is 5.91 Å². The summed E-state index contributed by atoms with van der Waals surface area (Å²) in [6.07, 6.45) is 1.51. The maximum absolute atomic E-state index is 12.3. The van der Waals surface area contributed by atoms with E-state index in [1.165, 1.54) is 12.1 Å². The second-order valence-corrected chi connectivity index (χ2v) is 5.60. The van der Waals surface area contributed by atoms with Crippen LogP contribution in [-0.4, -0.2) is 41.1 Å². The average molecular weight is 291 g/mol. The third kappa shape index (κ3) is 3.97. The third-order valence-corrected chi connectivity index (χ3v) is 3.86. The maximum Gasteiger partial charge on any atom is 0.335 e. The molecule has 1 amide bonds. The molecule has 0 aliphatic carbocycles. The number of aromatic carboxylic acids is 1. The lowest BCUT2D eigenvalue weighted by Crippen LogP contribution is -2.44. The zero-order valence-electron chi connectivity index (χ0n) is 12.4. The molecule has 1 aromatic carbocycles. The van der Waals surface area contributed by atoms with Crippen molar-refractivity contribution in [2.75, 3.05) is 13.1 Å². The van der Waals surface area contributed by atoms with E-state index in [1.807, 2.05) is 4.90 Å². The monoisotopic (exact) mass is 291 g/mol. The van der Waals surface area contributed by atoms with Crippen molar-refractivity contribution in [1.29, 1.82) is 0 Å². The first-order valence-electron chi connectivity index (χ1n) is 7.26. The van der Waals surface area contributed by atoms with Gasteiger partial charge < -0.3 is 14.7 Å². The summed E-state index contributed by atoms with van der Waals surface area (Å²) >= 11 is 0. The Bertz CT molecular complexity index is 504. The van der Waals surface area contributed by atoms with Gasteiger partial charge in [0, 0.05) is 13.1 Å². The van der Waals surface area contributed by atoms with E-state index >= 15 is 0 Å². The van der Waals surface area contributed by atoms with Crippen LogP contribution in [0.15, 0.2) is 24.3 Å². The Labute approximate surface area is 124 Å². The van der Waals surface area contributed by atoms with Gasteiger partial charge >= 0.3 is 5.97 Å². The first-order valence-corrected chi connectivity index (χ1v) is 7.26. The lowest BCUT2D eigenvalue weighted by molar-refractivity contribution is -0.139. The van der Waals surface area contributed by atoms with E-state index in [1.54, 1.807) is 19.1 Å². The Morgan fingerprint density at radius 3 is 2.33 bits per heavy atom. The van der Waals surface area contributed by atoms with Gasteiger partial charge in [-0.3, -0.25) is 4.79 Å². The lowest BCUT2D eigenvalue weighted by atomic mass is 9.99. The van der Waals surface area contributed by atoms with E-state index in [2.05, 4.69) is 6.92 Å². The van der Waals surface area contributed by atoms with Crippen molar-refractivity contribution in [3.8, 4) is 5.75 Å². The molecule has 2 rings (SSSR count). The quantitative estimate of drug-likeness (QED) is 0.925. The predicted octanol–water partition coefficient (Wildman–Crippen LogP) is 2.41. The Morgan fingerprint density at radius 2 is 1.81 bits per heavy atom. The summed E-state index contributed by atoms with van der Waals surface area (Å²) in [5.74, 6) is 0.192. The molecule has 0 radical (unpaired) electrons.